The fourth-order valence-electron chi connectivity index (χ4n) is 3.50. The molecule has 0 radical (unpaired) electrons. The smallest absolute Gasteiger partial charge is 0.200 e. The lowest BCUT2D eigenvalue weighted by molar-refractivity contribution is -0.0395. The molecule has 7 nitrogen and oxygen atoms in total. The molecule has 0 aromatic carbocycles. The summed E-state index contributed by atoms with van der Waals surface area (Å²) in [6.45, 7) is 1.97. The van der Waals surface area contributed by atoms with Crippen LogP contribution in [0.5, 0.6) is 0 Å². The molecule has 1 aliphatic carbocycles. The van der Waals surface area contributed by atoms with E-state index in [0.29, 0.717) is 17.9 Å². The number of hydrogen-bond donors (Lipinski definition) is 0. The van der Waals surface area contributed by atoms with Crippen molar-refractivity contribution in [1.29, 1.82) is 0 Å². The zero-order chi connectivity index (χ0) is 14.8. The Kier molecular flexibility index (Phi) is 3.88. The Labute approximate surface area is 129 Å². The molecule has 4 rings (SSSR count). The monoisotopic (exact) mass is 302 g/mol. The predicted molar refractivity (Wildman–Crippen MR) is 81.8 cm³/mol. The van der Waals surface area contributed by atoms with Gasteiger partial charge in [0.15, 0.2) is 11.5 Å². The molecule has 0 unspecified atom stereocenters. The average Bonchev–Trinajstić information content (AvgIpc) is 3.04. The van der Waals surface area contributed by atoms with Crippen molar-refractivity contribution in [2.75, 3.05) is 18.0 Å². The van der Waals surface area contributed by atoms with E-state index in [0.717, 1.165) is 31.7 Å². The number of anilines is 1. The van der Waals surface area contributed by atoms with Crippen molar-refractivity contribution in [2.45, 2.75) is 57.2 Å². The van der Waals surface area contributed by atoms with Gasteiger partial charge >= 0.3 is 0 Å². The third kappa shape index (κ3) is 2.90. The predicted octanol–water partition coefficient (Wildman–Crippen LogP) is 1.84. The minimum Gasteiger partial charge on any atom is -0.375 e. The first-order valence-corrected chi connectivity index (χ1v) is 8.34. The molecule has 1 aliphatic heterocycles. The van der Waals surface area contributed by atoms with Crippen LogP contribution in [0.2, 0.25) is 0 Å². The lowest BCUT2D eigenvalue weighted by Crippen LogP contribution is -2.39. The van der Waals surface area contributed by atoms with Gasteiger partial charge in [-0.05, 0) is 48.2 Å². The van der Waals surface area contributed by atoms with E-state index in [1.165, 1.54) is 36.7 Å². The fraction of sp³-hybridized carbons (Fsp3) is 0.733. The van der Waals surface area contributed by atoms with Gasteiger partial charge in [-0.2, -0.15) is 0 Å². The number of aromatic nitrogens is 5. The molecular formula is C15H22N6O. The van der Waals surface area contributed by atoms with Crippen molar-refractivity contribution in [2.24, 2.45) is 0 Å². The standard InChI is InChI=1S/C15H22N6O/c1-2-4-12(5-3-1)22-13-8-10-20(11-9-13)15-7-6-14-16-18-19-21(14)17-15/h6-7,12-13H,1-5,8-11H2. The normalized spacial score (nSPS) is 21.5. The van der Waals surface area contributed by atoms with E-state index in [2.05, 4.69) is 25.5 Å². The SMILES string of the molecule is c1cc2nnnn2nc1N1CCC(OC2CCCCC2)CC1. The quantitative estimate of drug-likeness (QED) is 0.861. The Hall–Kier alpha value is -1.76. The van der Waals surface area contributed by atoms with Crippen LogP contribution in [0.25, 0.3) is 5.65 Å². The second-order valence-electron chi connectivity index (χ2n) is 6.30. The van der Waals surface area contributed by atoms with Gasteiger partial charge in [-0.3, -0.25) is 0 Å². The molecule has 0 atom stereocenters. The summed E-state index contributed by atoms with van der Waals surface area (Å²) in [5.41, 5.74) is 0.680. The molecule has 0 bridgehead atoms. The topological polar surface area (TPSA) is 68.4 Å². The first kappa shape index (κ1) is 13.9. The number of ether oxygens (including phenoxy) is 1. The molecule has 0 spiro atoms. The molecule has 0 amide bonds. The number of rotatable bonds is 3. The number of fused-ring (bicyclic) bond motifs is 1. The van der Waals surface area contributed by atoms with Gasteiger partial charge in [0.05, 0.1) is 12.2 Å². The molecule has 118 valence electrons. The maximum Gasteiger partial charge on any atom is 0.200 e. The molecule has 1 saturated heterocycles. The molecular weight excluding hydrogens is 280 g/mol. The number of tetrazole rings is 1. The Balaban J connectivity index is 1.34. The van der Waals surface area contributed by atoms with E-state index in [1.807, 2.05) is 12.1 Å². The van der Waals surface area contributed by atoms with Gasteiger partial charge in [0.1, 0.15) is 0 Å². The molecule has 7 heteroatoms. The average molecular weight is 302 g/mol. The number of nitrogens with zero attached hydrogens (tertiary/aromatic N) is 6. The molecule has 2 aromatic rings. The highest BCUT2D eigenvalue weighted by Gasteiger charge is 2.24. The van der Waals surface area contributed by atoms with Gasteiger partial charge in [-0.25, -0.2) is 0 Å². The van der Waals surface area contributed by atoms with E-state index in [1.54, 1.807) is 0 Å². The van der Waals surface area contributed by atoms with Gasteiger partial charge in [0, 0.05) is 13.1 Å². The van der Waals surface area contributed by atoms with Gasteiger partial charge in [0.2, 0.25) is 0 Å². The van der Waals surface area contributed by atoms with E-state index < -0.39 is 0 Å². The number of piperidine rings is 1. The van der Waals surface area contributed by atoms with Crippen LogP contribution in [-0.2, 0) is 4.74 Å². The Bertz CT molecular complexity index is 615. The molecule has 2 fully saturated rings. The highest BCUT2D eigenvalue weighted by molar-refractivity contribution is 5.44. The molecule has 22 heavy (non-hydrogen) atoms. The summed E-state index contributed by atoms with van der Waals surface area (Å²) in [5, 5.41) is 15.8. The lowest BCUT2D eigenvalue weighted by atomic mass is 9.97. The molecule has 2 aliphatic rings. The zero-order valence-electron chi connectivity index (χ0n) is 12.8. The number of hydrogen-bond acceptors (Lipinski definition) is 6. The summed E-state index contributed by atoms with van der Waals surface area (Å²) in [6.07, 6.45) is 9.60. The second-order valence-corrected chi connectivity index (χ2v) is 6.30. The van der Waals surface area contributed by atoms with Crippen molar-refractivity contribution < 1.29 is 4.74 Å². The second kappa shape index (κ2) is 6.16. The van der Waals surface area contributed by atoms with Crippen LogP contribution in [-0.4, -0.2) is 50.6 Å². The Morgan fingerprint density at radius 1 is 0.955 bits per heavy atom. The van der Waals surface area contributed by atoms with Crippen molar-refractivity contribution in [3.8, 4) is 0 Å². The fourth-order valence-corrected chi connectivity index (χ4v) is 3.50. The molecule has 1 saturated carbocycles. The minimum atomic E-state index is 0.413. The van der Waals surface area contributed by atoms with Crippen LogP contribution in [0.4, 0.5) is 5.82 Å². The first-order chi connectivity index (χ1) is 10.9. The van der Waals surface area contributed by atoms with Crippen molar-refractivity contribution in [3.05, 3.63) is 12.1 Å². The summed E-state index contributed by atoms with van der Waals surface area (Å²) in [7, 11) is 0. The molecule has 2 aromatic heterocycles. The van der Waals surface area contributed by atoms with Crippen molar-refractivity contribution in [3.63, 3.8) is 0 Å². The molecule has 3 heterocycles. The summed E-state index contributed by atoms with van der Waals surface area (Å²) >= 11 is 0. The Morgan fingerprint density at radius 3 is 2.55 bits per heavy atom. The van der Waals surface area contributed by atoms with Crippen LogP contribution in [0, 0.1) is 0 Å². The van der Waals surface area contributed by atoms with Gasteiger partial charge in [-0.1, -0.05) is 19.3 Å². The third-order valence-corrected chi connectivity index (χ3v) is 4.76. The lowest BCUT2D eigenvalue weighted by Gasteiger charge is -2.35. The van der Waals surface area contributed by atoms with Crippen molar-refractivity contribution >= 4 is 11.5 Å². The summed E-state index contributed by atoms with van der Waals surface area (Å²) < 4.78 is 7.78. The van der Waals surface area contributed by atoms with Gasteiger partial charge in [-0.15, -0.1) is 14.8 Å². The van der Waals surface area contributed by atoms with Gasteiger partial charge in [0.25, 0.3) is 0 Å². The third-order valence-electron chi connectivity index (χ3n) is 4.76. The maximum absolute atomic E-state index is 6.29. The Morgan fingerprint density at radius 2 is 1.73 bits per heavy atom. The van der Waals surface area contributed by atoms with Gasteiger partial charge < -0.3 is 9.64 Å². The minimum absolute atomic E-state index is 0.413. The van der Waals surface area contributed by atoms with E-state index in [4.69, 9.17) is 4.74 Å². The largest absolute Gasteiger partial charge is 0.375 e. The maximum atomic E-state index is 6.29. The summed E-state index contributed by atoms with van der Waals surface area (Å²) in [6, 6.07) is 3.90. The van der Waals surface area contributed by atoms with E-state index in [9.17, 15) is 0 Å². The van der Waals surface area contributed by atoms with E-state index >= 15 is 0 Å². The molecule has 0 N–H and O–H groups in total. The van der Waals surface area contributed by atoms with E-state index in [-0.39, 0.29) is 0 Å². The highest BCUT2D eigenvalue weighted by atomic mass is 16.5. The summed E-state index contributed by atoms with van der Waals surface area (Å²) in [5.74, 6) is 0.941. The van der Waals surface area contributed by atoms with Crippen LogP contribution in [0.3, 0.4) is 0 Å². The van der Waals surface area contributed by atoms with Crippen LogP contribution < -0.4 is 4.90 Å². The first-order valence-electron chi connectivity index (χ1n) is 8.34. The highest BCUT2D eigenvalue weighted by Crippen LogP contribution is 2.25. The van der Waals surface area contributed by atoms with Crippen molar-refractivity contribution in [1.82, 2.24) is 25.3 Å². The summed E-state index contributed by atoms with van der Waals surface area (Å²) in [4.78, 5) is 2.29. The van der Waals surface area contributed by atoms with Crippen LogP contribution in [0.15, 0.2) is 12.1 Å². The van der Waals surface area contributed by atoms with Crippen LogP contribution >= 0.6 is 0 Å². The van der Waals surface area contributed by atoms with Crippen LogP contribution in [0.1, 0.15) is 44.9 Å². The zero-order valence-corrected chi connectivity index (χ0v) is 12.8.